The molecule has 0 bridgehead atoms. The highest BCUT2D eigenvalue weighted by Crippen LogP contribution is 2.22. The lowest BCUT2D eigenvalue weighted by atomic mass is 10.1. The summed E-state index contributed by atoms with van der Waals surface area (Å²) in [5.74, 6) is -2.63. The third-order valence-electron chi connectivity index (χ3n) is 3.71. The van der Waals surface area contributed by atoms with Crippen molar-refractivity contribution in [1.82, 2.24) is 4.57 Å². The number of nitrogens with zero attached hydrogens (tertiary/aromatic N) is 2. The first kappa shape index (κ1) is 18.9. The third kappa shape index (κ3) is 4.46. The number of rotatable bonds is 5. The first-order valence-electron chi connectivity index (χ1n) is 8.23. The number of thiazole rings is 1. The molecule has 0 aliphatic rings. The average molecular weight is 390 g/mol. The van der Waals surface area contributed by atoms with Crippen LogP contribution >= 0.6 is 11.3 Å². The molecule has 3 aromatic rings. The maximum absolute atomic E-state index is 14.3. The lowest BCUT2D eigenvalue weighted by Gasteiger charge is -2.05. The predicted octanol–water partition coefficient (Wildman–Crippen LogP) is 3.21. The summed E-state index contributed by atoms with van der Waals surface area (Å²) in [5, 5.41) is 0. The van der Waals surface area contributed by atoms with Gasteiger partial charge in [-0.3, -0.25) is 9.59 Å². The van der Waals surface area contributed by atoms with Crippen molar-refractivity contribution in [3.8, 4) is 0 Å². The number of aromatic nitrogens is 1. The van der Waals surface area contributed by atoms with E-state index in [1.165, 1.54) is 4.57 Å². The Hall–Kier alpha value is -2.87. The van der Waals surface area contributed by atoms with Crippen LogP contribution in [0.4, 0.5) is 8.78 Å². The van der Waals surface area contributed by atoms with Crippen LogP contribution < -0.4 is 4.80 Å². The van der Waals surface area contributed by atoms with E-state index in [0.717, 1.165) is 29.0 Å². The Morgan fingerprint density at radius 1 is 1.19 bits per heavy atom. The van der Waals surface area contributed by atoms with Gasteiger partial charge in [0.25, 0.3) is 5.91 Å². The van der Waals surface area contributed by atoms with Gasteiger partial charge in [-0.15, -0.1) is 0 Å². The number of halogens is 2. The van der Waals surface area contributed by atoms with Crippen molar-refractivity contribution in [2.24, 2.45) is 4.99 Å². The Kier molecular flexibility index (Phi) is 5.75. The molecule has 0 atom stereocenters. The fourth-order valence-corrected chi connectivity index (χ4v) is 3.70. The lowest BCUT2D eigenvalue weighted by molar-refractivity contribution is -0.143. The molecule has 0 N–H and O–H groups in total. The van der Waals surface area contributed by atoms with Gasteiger partial charge in [-0.2, -0.15) is 4.99 Å². The minimum atomic E-state index is -0.831. The van der Waals surface area contributed by atoms with Gasteiger partial charge in [0.2, 0.25) is 0 Å². The number of benzene rings is 2. The first-order chi connectivity index (χ1) is 13.0. The number of hydrogen-bond acceptors (Lipinski definition) is 4. The zero-order valence-corrected chi connectivity index (χ0v) is 15.3. The van der Waals surface area contributed by atoms with E-state index in [4.69, 9.17) is 4.74 Å². The van der Waals surface area contributed by atoms with Gasteiger partial charge in [-0.25, -0.2) is 8.78 Å². The van der Waals surface area contributed by atoms with E-state index in [-0.39, 0.29) is 34.6 Å². The van der Waals surface area contributed by atoms with Crippen molar-refractivity contribution in [1.29, 1.82) is 0 Å². The number of amides is 1. The molecule has 1 aromatic heterocycles. The molecule has 2 aromatic carbocycles. The Balaban J connectivity index is 2.06. The molecular formula is C19H16F2N2O3S. The van der Waals surface area contributed by atoms with Crippen LogP contribution in [0.1, 0.15) is 12.5 Å². The Morgan fingerprint density at radius 2 is 1.93 bits per heavy atom. The van der Waals surface area contributed by atoms with Crippen molar-refractivity contribution in [3.63, 3.8) is 0 Å². The molecule has 3 rings (SSSR count). The summed E-state index contributed by atoms with van der Waals surface area (Å²) in [6, 6.07) is 10.9. The molecule has 5 nitrogen and oxygen atoms in total. The molecular weight excluding hydrogens is 374 g/mol. The smallest absolute Gasteiger partial charge is 0.326 e. The maximum atomic E-state index is 14.3. The second kappa shape index (κ2) is 8.22. The zero-order chi connectivity index (χ0) is 19.4. The Morgan fingerprint density at radius 3 is 2.63 bits per heavy atom. The van der Waals surface area contributed by atoms with E-state index in [2.05, 4.69) is 4.99 Å². The van der Waals surface area contributed by atoms with Crippen molar-refractivity contribution < 1.29 is 23.1 Å². The van der Waals surface area contributed by atoms with Gasteiger partial charge in [0.1, 0.15) is 12.4 Å². The SMILES string of the molecule is CCOC(=O)Cn1c(=NC(=O)Cc2ccccc2)sc2cc(F)cc(F)c21. The van der Waals surface area contributed by atoms with Crippen molar-refractivity contribution in [2.45, 2.75) is 19.9 Å². The maximum Gasteiger partial charge on any atom is 0.326 e. The number of fused-ring (bicyclic) bond motifs is 1. The van der Waals surface area contributed by atoms with E-state index in [1.807, 2.05) is 6.07 Å². The summed E-state index contributed by atoms with van der Waals surface area (Å²) in [6.07, 6.45) is 0.0608. The van der Waals surface area contributed by atoms with Crippen LogP contribution in [-0.2, 0) is 27.3 Å². The highest BCUT2D eigenvalue weighted by molar-refractivity contribution is 7.16. The van der Waals surface area contributed by atoms with Crippen molar-refractivity contribution >= 4 is 33.4 Å². The van der Waals surface area contributed by atoms with E-state index in [1.54, 1.807) is 31.2 Å². The number of ether oxygens (including phenoxy) is 1. The number of carbonyl (C=O) groups excluding carboxylic acids is 2. The molecule has 1 heterocycles. The van der Waals surface area contributed by atoms with E-state index >= 15 is 0 Å². The second-order valence-electron chi connectivity index (χ2n) is 5.68. The van der Waals surface area contributed by atoms with E-state index in [9.17, 15) is 18.4 Å². The van der Waals surface area contributed by atoms with Gasteiger partial charge in [-0.05, 0) is 18.6 Å². The van der Waals surface area contributed by atoms with E-state index in [0.29, 0.717) is 0 Å². The fourth-order valence-electron chi connectivity index (χ4n) is 2.61. The third-order valence-corrected chi connectivity index (χ3v) is 4.73. The summed E-state index contributed by atoms with van der Waals surface area (Å²) < 4.78 is 34.3. The van der Waals surface area contributed by atoms with Crippen LogP contribution in [0.15, 0.2) is 47.5 Å². The van der Waals surface area contributed by atoms with Gasteiger partial charge in [0, 0.05) is 6.07 Å². The lowest BCUT2D eigenvalue weighted by Crippen LogP contribution is -2.23. The van der Waals surface area contributed by atoms with Crippen LogP contribution in [0, 0.1) is 11.6 Å². The van der Waals surface area contributed by atoms with Crippen molar-refractivity contribution in [3.05, 3.63) is 64.5 Å². The van der Waals surface area contributed by atoms with Crippen LogP contribution in [0.3, 0.4) is 0 Å². The Labute approximate surface area is 157 Å². The molecule has 0 radical (unpaired) electrons. The van der Waals surface area contributed by atoms with Gasteiger partial charge < -0.3 is 9.30 Å². The normalized spacial score (nSPS) is 11.7. The molecule has 0 aliphatic carbocycles. The average Bonchev–Trinajstić information content (AvgIpc) is 2.92. The summed E-state index contributed by atoms with van der Waals surface area (Å²) in [5.41, 5.74) is 0.794. The summed E-state index contributed by atoms with van der Waals surface area (Å²) in [4.78, 5) is 28.4. The molecule has 0 spiro atoms. The van der Waals surface area contributed by atoms with Gasteiger partial charge in [-0.1, -0.05) is 41.7 Å². The van der Waals surface area contributed by atoms with Crippen molar-refractivity contribution in [2.75, 3.05) is 6.61 Å². The highest BCUT2D eigenvalue weighted by atomic mass is 32.1. The molecule has 0 fully saturated rings. The van der Waals surface area contributed by atoms with Crippen LogP contribution in [0.2, 0.25) is 0 Å². The number of hydrogen-bond donors (Lipinski definition) is 0. The van der Waals surface area contributed by atoms with Gasteiger partial charge >= 0.3 is 5.97 Å². The highest BCUT2D eigenvalue weighted by Gasteiger charge is 2.16. The number of esters is 1. The molecule has 0 saturated heterocycles. The predicted molar refractivity (Wildman–Crippen MR) is 97.1 cm³/mol. The van der Waals surface area contributed by atoms with Gasteiger partial charge in [0.15, 0.2) is 10.6 Å². The Bertz CT molecular complexity index is 1060. The summed E-state index contributed by atoms with van der Waals surface area (Å²) in [6.45, 7) is 1.49. The standard InChI is InChI=1S/C19H16F2N2O3S/c1-2-26-17(25)11-23-18-14(21)9-13(20)10-15(18)27-19(23)22-16(24)8-12-6-4-3-5-7-12/h3-7,9-10H,2,8,11H2,1H3. The fraction of sp³-hybridized carbons (Fsp3) is 0.211. The summed E-state index contributed by atoms with van der Waals surface area (Å²) in [7, 11) is 0. The van der Waals surface area contributed by atoms with Crippen LogP contribution in [0.5, 0.6) is 0 Å². The minimum absolute atomic E-state index is 0.0146. The first-order valence-corrected chi connectivity index (χ1v) is 9.05. The van der Waals surface area contributed by atoms with Crippen LogP contribution in [-0.4, -0.2) is 23.1 Å². The monoisotopic (exact) mass is 390 g/mol. The minimum Gasteiger partial charge on any atom is -0.465 e. The summed E-state index contributed by atoms with van der Waals surface area (Å²) >= 11 is 0.939. The molecule has 27 heavy (non-hydrogen) atoms. The van der Waals surface area contributed by atoms with Gasteiger partial charge in [0.05, 0.1) is 23.2 Å². The topological polar surface area (TPSA) is 60.7 Å². The molecule has 8 heteroatoms. The molecule has 0 saturated carbocycles. The largest absolute Gasteiger partial charge is 0.465 e. The molecule has 0 aliphatic heterocycles. The molecule has 1 amide bonds. The van der Waals surface area contributed by atoms with Crippen LogP contribution in [0.25, 0.3) is 10.2 Å². The van der Waals surface area contributed by atoms with E-state index < -0.39 is 23.5 Å². The molecule has 0 unspecified atom stereocenters. The zero-order valence-electron chi connectivity index (χ0n) is 14.4. The molecule has 140 valence electrons. The quantitative estimate of drug-likeness (QED) is 0.629. The number of carbonyl (C=O) groups is 2. The second-order valence-corrected chi connectivity index (χ2v) is 6.69.